The molecule has 0 saturated heterocycles. The highest BCUT2D eigenvalue weighted by Gasteiger charge is 2.19. The molecule has 0 spiro atoms. The monoisotopic (exact) mass is 411 g/mol. The standard InChI is InChI=1S/C27H25NO3/c1-4-18-13-9-14-19(5-2)23(18)28-27(30)22-16-10-15-21-24(29)17(3)25(31-26(21)22)20-11-7-6-8-12-20/h6-16H,4-5H2,1-3H3,(H,28,30). The lowest BCUT2D eigenvalue weighted by Crippen LogP contribution is -2.17. The lowest BCUT2D eigenvalue weighted by Gasteiger charge is -2.15. The zero-order valence-electron chi connectivity index (χ0n) is 18.0. The molecule has 31 heavy (non-hydrogen) atoms. The first-order valence-corrected chi connectivity index (χ1v) is 10.6. The van der Waals surface area contributed by atoms with Gasteiger partial charge in [-0.05, 0) is 43.0 Å². The van der Waals surface area contributed by atoms with Crippen molar-refractivity contribution in [3.63, 3.8) is 0 Å². The molecule has 0 aliphatic heterocycles. The van der Waals surface area contributed by atoms with Gasteiger partial charge in [0.1, 0.15) is 5.76 Å². The van der Waals surface area contributed by atoms with Crippen molar-refractivity contribution >= 4 is 22.6 Å². The van der Waals surface area contributed by atoms with E-state index in [-0.39, 0.29) is 11.3 Å². The fourth-order valence-corrected chi connectivity index (χ4v) is 3.94. The summed E-state index contributed by atoms with van der Waals surface area (Å²) in [6.07, 6.45) is 1.62. The Hall–Kier alpha value is -3.66. The largest absolute Gasteiger partial charge is 0.455 e. The SMILES string of the molecule is CCc1cccc(CC)c1NC(=O)c1cccc2c(=O)c(C)c(-c3ccccc3)oc12. The van der Waals surface area contributed by atoms with Crippen LogP contribution in [0.3, 0.4) is 0 Å². The summed E-state index contributed by atoms with van der Waals surface area (Å²) >= 11 is 0. The third-order valence-electron chi connectivity index (χ3n) is 5.66. The molecule has 1 N–H and O–H groups in total. The molecule has 0 atom stereocenters. The summed E-state index contributed by atoms with van der Waals surface area (Å²) in [5.74, 6) is 0.203. The zero-order chi connectivity index (χ0) is 22.0. The summed E-state index contributed by atoms with van der Waals surface area (Å²) in [4.78, 5) is 26.4. The average Bonchev–Trinajstić information content (AvgIpc) is 2.81. The van der Waals surface area contributed by atoms with Gasteiger partial charge in [0.15, 0.2) is 11.0 Å². The molecule has 0 bridgehead atoms. The van der Waals surface area contributed by atoms with E-state index in [2.05, 4.69) is 19.2 Å². The number of para-hydroxylation sites is 2. The minimum atomic E-state index is -0.285. The van der Waals surface area contributed by atoms with E-state index in [9.17, 15) is 9.59 Å². The predicted octanol–water partition coefficient (Wildman–Crippen LogP) is 6.15. The van der Waals surface area contributed by atoms with Gasteiger partial charge < -0.3 is 9.73 Å². The molecule has 0 unspecified atom stereocenters. The van der Waals surface area contributed by atoms with Crippen molar-refractivity contribution in [3.05, 3.63) is 99.2 Å². The van der Waals surface area contributed by atoms with Gasteiger partial charge in [0, 0.05) is 16.8 Å². The Morgan fingerprint density at radius 3 is 2.16 bits per heavy atom. The summed E-state index contributed by atoms with van der Waals surface area (Å²) in [6.45, 7) is 5.89. The summed E-state index contributed by atoms with van der Waals surface area (Å²) in [5.41, 5.74) is 4.86. The maximum atomic E-state index is 13.3. The number of hydrogen-bond acceptors (Lipinski definition) is 3. The Labute approximate surface area is 181 Å². The number of carbonyl (C=O) groups is 1. The second-order valence-corrected chi connectivity index (χ2v) is 7.55. The van der Waals surface area contributed by atoms with E-state index < -0.39 is 0 Å². The van der Waals surface area contributed by atoms with Crippen LogP contribution in [0, 0.1) is 6.92 Å². The first-order valence-electron chi connectivity index (χ1n) is 10.6. The number of anilines is 1. The summed E-state index contributed by atoms with van der Waals surface area (Å²) in [7, 11) is 0. The molecule has 4 nitrogen and oxygen atoms in total. The lowest BCUT2D eigenvalue weighted by atomic mass is 10.0. The molecular weight excluding hydrogens is 386 g/mol. The van der Waals surface area contributed by atoms with Gasteiger partial charge in [0.25, 0.3) is 5.91 Å². The number of amides is 1. The van der Waals surface area contributed by atoms with E-state index in [1.807, 2.05) is 48.5 Å². The van der Waals surface area contributed by atoms with Gasteiger partial charge >= 0.3 is 0 Å². The zero-order valence-corrected chi connectivity index (χ0v) is 18.0. The summed E-state index contributed by atoms with van der Waals surface area (Å²) < 4.78 is 6.20. The average molecular weight is 412 g/mol. The molecule has 4 heteroatoms. The topological polar surface area (TPSA) is 59.3 Å². The Morgan fingerprint density at radius 2 is 1.52 bits per heavy atom. The minimum absolute atomic E-state index is 0.127. The number of fused-ring (bicyclic) bond motifs is 1. The van der Waals surface area contributed by atoms with Crippen LogP contribution in [0.1, 0.15) is 40.9 Å². The van der Waals surface area contributed by atoms with E-state index in [4.69, 9.17) is 4.42 Å². The number of rotatable bonds is 5. The van der Waals surface area contributed by atoms with Crippen LogP contribution in [-0.2, 0) is 12.8 Å². The molecule has 0 radical (unpaired) electrons. The van der Waals surface area contributed by atoms with Gasteiger partial charge in [-0.3, -0.25) is 9.59 Å². The second-order valence-electron chi connectivity index (χ2n) is 7.55. The molecule has 4 rings (SSSR count). The Bertz CT molecular complexity index is 1300. The predicted molar refractivity (Wildman–Crippen MR) is 126 cm³/mol. The molecule has 156 valence electrons. The fraction of sp³-hybridized carbons (Fsp3) is 0.185. The van der Waals surface area contributed by atoms with Gasteiger partial charge in [-0.25, -0.2) is 0 Å². The van der Waals surface area contributed by atoms with Gasteiger partial charge in [0.2, 0.25) is 0 Å². The van der Waals surface area contributed by atoms with Crippen LogP contribution in [0.5, 0.6) is 0 Å². The molecule has 0 aliphatic rings. The Morgan fingerprint density at radius 1 is 0.871 bits per heavy atom. The smallest absolute Gasteiger partial charge is 0.259 e. The molecule has 0 saturated carbocycles. The van der Waals surface area contributed by atoms with E-state index in [0.717, 1.165) is 35.2 Å². The second kappa shape index (κ2) is 8.60. The van der Waals surface area contributed by atoms with Gasteiger partial charge in [-0.2, -0.15) is 0 Å². The van der Waals surface area contributed by atoms with Crippen LogP contribution < -0.4 is 10.7 Å². The highest BCUT2D eigenvalue weighted by atomic mass is 16.3. The molecular formula is C27H25NO3. The first kappa shape index (κ1) is 20.6. The number of nitrogens with one attached hydrogen (secondary N) is 1. The molecule has 1 aromatic heterocycles. The van der Waals surface area contributed by atoms with E-state index in [1.165, 1.54) is 0 Å². The van der Waals surface area contributed by atoms with Crippen molar-refractivity contribution in [2.75, 3.05) is 5.32 Å². The number of hydrogen-bond donors (Lipinski definition) is 1. The number of carbonyl (C=O) groups excluding carboxylic acids is 1. The van der Waals surface area contributed by atoms with Crippen molar-refractivity contribution in [2.45, 2.75) is 33.6 Å². The molecule has 3 aromatic carbocycles. The van der Waals surface area contributed by atoms with Crippen molar-refractivity contribution in [1.29, 1.82) is 0 Å². The summed E-state index contributed by atoms with van der Waals surface area (Å²) in [6, 6.07) is 20.7. The van der Waals surface area contributed by atoms with Crippen LogP contribution >= 0.6 is 0 Å². The number of benzene rings is 3. The van der Waals surface area contributed by atoms with Crippen LogP contribution in [-0.4, -0.2) is 5.91 Å². The molecule has 1 heterocycles. The Balaban J connectivity index is 1.87. The molecule has 0 aliphatic carbocycles. The van der Waals surface area contributed by atoms with Crippen molar-refractivity contribution in [3.8, 4) is 11.3 Å². The molecule has 0 fully saturated rings. The van der Waals surface area contributed by atoms with Crippen LogP contribution in [0.15, 0.2) is 75.9 Å². The lowest BCUT2D eigenvalue weighted by molar-refractivity contribution is 0.102. The Kier molecular flexibility index (Phi) is 5.72. The summed E-state index contributed by atoms with van der Waals surface area (Å²) in [5, 5.41) is 3.49. The number of aryl methyl sites for hydroxylation is 2. The van der Waals surface area contributed by atoms with Crippen molar-refractivity contribution in [1.82, 2.24) is 0 Å². The van der Waals surface area contributed by atoms with Gasteiger partial charge in [0.05, 0.1) is 10.9 Å². The van der Waals surface area contributed by atoms with Crippen molar-refractivity contribution in [2.24, 2.45) is 0 Å². The fourth-order valence-electron chi connectivity index (χ4n) is 3.94. The highest BCUT2D eigenvalue weighted by molar-refractivity contribution is 6.12. The highest BCUT2D eigenvalue weighted by Crippen LogP contribution is 2.29. The van der Waals surface area contributed by atoms with Crippen LogP contribution in [0.4, 0.5) is 5.69 Å². The first-order chi connectivity index (χ1) is 15.0. The van der Waals surface area contributed by atoms with E-state index in [0.29, 0.717) is 27.9 Å². The maximum Gasteiger partial charge on any atom is 0.259 e. The van der Waals surface area contributed by atoms with E-state index in [1.54, 1.807) is 25.1 Å². The maximum absolute atomic E-state index is 13.3. The molecule has 4 aromatic rings. The van der Waals surface area contributed by atoms with Crippen LogP contribution in [0.25, 0.3) is 22.3 Å². The van der Waals surface area contributed by atoms with Crippen LogP contribution in [0.2, 0.25) is 0 Å². The third-order valence-corrected chi connectivity index (χ3v) is 5.66. The van der Waals surface area contributed by atoms with E-state index >= 15 is 0 Å². The third kappa shape index (κ3) is 3.77. The molecule has 1 amide bonds. The van der Waals surface area contributed by atoms with Gasteiger partial charge in [-0.1, -0.05) is 68.4 Å². The minimum Gasteiger partial charge on any atom is -0.455 e. The van der Waals surface area contributed by atoms with Gasteiger partial charge in [-0.15, -0.1) is 0 Å². The quantitative estimate of drug-likeness (QED) is 0.429. The van der Waals surface area contributed by atoms with Crippen molar-refractivity contribution < 1.29 is 9.21 Å². The normalized spacial score (nSPS) is 10.9.